The van der Waals surface area contributed by atoms with E-state index in [1.807, 2.05) is 37.3 Å². The Labute approximate surface area is 152 Å². The third-order valence-electron chi connectivity index (χ3n) is 4.12. The number of nitrogens with one attached hydrogen (secondary N) is 2. The normalized spacial score (nSPS) is 17.8. The summed E-state index contributed by atoms with van der Waals surface area (Å²) in [5.41, 5.74) is 1.37. The summed E-state index contributed by atoms with van der Waals surface area (Å²) in [5.74, 6) is -1.36. The molecule has 1 heterocycles. The molecule has 7 nitrogen and oxygen atoms in total. The van der Waals surface area contributed by atoms with Crippen molar-refractivity contribution >= 4 is 18.0 Å². The minimum absolute atomic E-state index is 0.200. The summed E-state index contributed by atoms with van der Waals surface area (Å²) in [6.07, 6.45) is 0.580. The highest BCUT2D eigenvalue weighted by Gasteiger charge is 2.31. The fourth-order valence-corrected chi connectivity index (χ4v) is 2.86. The maximum Gasteiger partial charge on any atom is 0.338 e. The summed E-state index contributed by atoms with van der Waals surface area (Å²) in [7, 11) is 0. The van der Waals surface area contributed by atoms with Gasteiger partial charge in [0, 0.05) is 0 Å². The number of benzene rings is 1. The maximum absolute atomic E-state index is 12.5. The highest BCUT2D eigenvalue weighted by molar-refractivity contribution is 5.94. The molecule has 0 aromatic heterocycles. The topological polar surface area (TPSA) is 93.7 Å². The molecule has 2 rings (SSSR count). The molecule has 1 aromatic carbocycles. The van der Waals surface area contributed by atoms with E-state index in [0.29, 0.717) is 6.42 Å². The Bertz CT molecular complexity index is 699. The Morgan fingerprint density at radius 1 is 1.15 bits per heavy atom. The molecule has 0 saturated heterocycles. The lowest BCUT2D eigenvalue weighted by Crippen LogP contribution is -2.50. The number of urea groups is 1. The van der Waals surface area contributed by atoms with Gasteiger partial charge >= 0.3 is 18.0 Å². The molecule has 2 amide bonds. The van der Waals surface area contributed by atoms with Crippen LogP contribution in [-0.2, 0) is 19.1 Å². The van der Waals surface area contributed by atoms with Gasteiger partial charge in [-0.1, -0.05) is 37.3 Å². The zero-order valence-corrected chi connectivity index (χ0v) is 15.2. The van der Waals surface area contributed by atoms with Gasteiger partial charge in [-0.15, -0.1) is 0 Å². The first-order chi connectivity index (χ1) is 12.5. The first-order valence-corrected chi connectivity index (χ1v) is 8.67. The van der Waals surface area contributed by atoms with Crippen molar-refractivity contribution in [2.75, 3.05) is 13.2 Å². The van der Waals surface area contributed by atoms with Crippen LogP contribution in [0, 0.1) is 0 Å². The molecular weight excluding hydrogens is 336 g/mol. The van der Waals surface area contributed by atoms with Crippen LogP contribution in [0.5, 0.6) is 0 Å². The molecule has 0 saturated carbocycles. The molecule has 1 aliphatic heterocycles. The molecule has 0 aliphatic carbocycles. The van der Waals surface area contributed by atoms with Gasteiger partial charge in [-0.2, -0.15) is 0 Å². The number of carbonyl (C=O) groups is 3. The van der Waals surface area contributed by atoms with Crippen LogP contribution < -0.4 is 10.6 Å². The van der Waals surface area contributed by atoms with E-state index in [0.717, 1.165) is 5.56 Å². The van der Waals surface area contributed by atoms with Crippen LogP contribution in [0.15, 0.2) is 41.6 Å². The molecule has 0 bridgehead atoms. The predicted molar refractivity (Wildman–Crippen MR) is 95.2 cm³/mol. The SMILES string of the molecule is CCOC(=O)C1=C(COC(=O)[C@H](CC)c2ccccc2)NC(=O)N[C@H]1C. The summed E-state index contributed by atoms with van der Waals surface area (Å²) in [4.78, 5) is 36.4. The highest BCUT2D eigenvalue weighted by atomic mass is 16.5. The Hall–Kier alpha value is -2.83. The van der Waals surface area contributed by atoms with Gasteiger partial charge in [0.25, 0.3) is 0 Å². The number of amides is 2. The summed E-state index contributed by atoms with van der Waals surface area (Å²) in [6.45, 7) is 5.28. The lowest BCUT2D eigenvalue weighted by molar-refractivity contribution is -0.145. The van der Waals surface area contributed by atoms with Crippen molar-refractivity contribution in [3.63, 3.8) is 0 Å². The summed E-state index contributed by atoms with van der Waals surface area (Å²) >= 11 is 0. The number of hydrogen-bond acceptors (Lipinski definition) is 5. The van der Waals surface area contributed by atoms with Crippen molar-refractivity contribution in [2.24, 2.45) is 0 Å². The van der Waals surface area contributed by atoms with Gasteiger partial charge in [0.15, 0.2) is 0 Å². The Morgan fingerprint density at radius 3 is 2.46 bits per heavy atom. The fourth-order valence-electron chi connectivity index (χ4n) is 2.86. The second-order valence-corrected chi connectivity index (χ2v) is 5.91. The molecule has 0 unspecified atom stereocenters. The van der Waals surface area contributed by atoms with Crippen molar-refractivity contribution in [3.05, 3.63) is 47.2 Å². The van der Waals surface area contributed by atoms with Crippen LogP contribution in [0.2, 0.25) is 0 Å². The average Bonchev–Trinajstić information content (AvgIpc) is 2.61. The summed E-state index contributed by atoms with van der Waals surface area (Å²) in [5, 5.41) is 5.14. The zero-order valence-electron chi connectivity index (χ0n) is 15.2. The molecule has 140 valence electrons. The van der Waals surface area contributed by atoms with Gasteiger partial charge in [-0.05, 0) is 25.8 Å². The van der Waals surface area contributed by atoms with Crippen molar-refractivity contribution < 1.29 is 23.9 Å². The average molecular weight is 360 g/mol. The molecule has 7 heteroatoms. The molecule has 1 aliphatic rings. The Morgan fingerprint density at radius 2 is 1.85 bits per heavy atom. The number of carbonyl (C=O) groups excluding carboxylic acids is 3. The van der Waals surface area contributed by atoms with E-state index in [1.165, 1.54) is 0 Å². The van der Waals surface area contributed by atoms with Crippen LogP contribution in [0.3, 0.4) is 0 Å². The third-order valence-corrected chi connectivity index (χ3v) is 4.12. The number of ether oxygens (including phenoxy) is 2. The van der Waals surface area contributed by atoms with Gasteiger partial charge in [0.05, 0.1) is 29.8 Å². The minimum Gasteiger partial charge on any atom is -0.463 e. The second-order valence-electron chi connectivity index (χ2n) is 5.91. The van der Waals surface area contributed by atoms with Gasteiger partial charge in [0.2, 0.25) is 0 Å². The number of esters is 2. The Balaban J connectivity index is 2.15. The van der Waals surface area contributed by atoms with E-state index in [1.54, 1.807) is 13.8 Å². The zero-order chi connectivity index (χ0) is 19.1. The maximum atomic E-state index is 12.5. The van der Waals surface area contributed by atoms with Gasteiger partial charge in [-0.25, -0.2) is 9.59 Å². The van der Waals surface area contributed by atoms with E-state index < -0.39 is 29.9 Å². The van der Waals surface area contributed by atoms with E-state index in [2.05, 4.69) is 10.6 Å². The second kappa shape index (κ2) is 9.03. The monoisotopic (exact) mass is 360 g/mol. The van der Waals surface area contributed by atoms with E-state index in [9.17, 15) is 14.4 Å². The summed E-state index contributed by atoms with van der Waals surface area (Å²) in [6, 6.07) is 8.35. The predicted octanol–water partition coefficient (Wildman–Crippen LogP) is 2.24. The Kier molecular flexibility index (Phi) is 6.77. The fraction of sp³-hybridized carbons (Fsp3) is 0.421. The van der Waals surface area contributed by atoms with Crippen LogP contribution in [-0.4, -0.2) is 37.2 Å². The van der Waals surface area contributed by atoms with Crippen molar-refractivity contribution in [2.45, 2.75) is 39.2 Å². The molecule has 1 aromatic rings. The quantitative estimate of drug-likeness (QED) is 0.728. The molecule has 26 heavy (non-hydrogen) atoms. The van der Waals surface area contributed by atoms with Crippen LogP contribution in [0.4, 0.5) is 4.79 Å². The van der Waals surface area contributed by atoms with Crippen molar-refractivity contribution in [1.29, 1.82) is 0 Å². The van der Waals surface area contributed by atoms with E-state index >= 15 is 0 Å². The van der Waals surface area contributed by atoms with Crippen LogP contribution >= 0.6 is 0 Å². The van der Waals surface area contributed by atoms with Crippen molar-refractivity contribution in [3.8, 4) is 0 Å². The molecule has 2 atom stereocenters. The standard InChI is InChI=1S/C19H24N2O5/c1-4-14(13-9-7-6-8-10-13)17(22)26-11-15-16(18(23)25-5-2)12(3)20-19(24)21-15/h6-10,12,14H,4-5,11H2,1-3H3,(H2,20,21,24)/t12-,14+/m0/s1. The van der Waals surface area contributed by atoms with Gasteiger partial charge in [0.1, 0.15) is 6.61 Å². The summed E-state index contributed by atoms with van der Waals surface area (Å²) < 4.78 is 10.4. The molecular formula is C19H24N2O5. The van der Waals surface area contributed by atoms with E-state index in [4.69, 9.17) is 9.47 Å². The molecule has 0 fully saturated rings. The van der Waals surface area contributed by atoms with Crippen LogP contribution in [0.25, 0.3) is 0 Å². The lowest BCUT2D eigenvalue weighted by atomic mass is 9.97. The largest absolute Gasteiger partial charge is 0.463 e. The molecule has 0 radical (unpaired) electrons. The van der Waals surface area contributed by atoms with E-state index in [-0.39, 0.29) is 24.5 Å². The van der Waals surface area contributed by atoms with Crippen LogP contribution in [0.1, 0.15) is 38.7 Å². The first kappa shape index (κ1) is 19.5. The third kappa shape index (κ3) is 4.62. The number of rotatable bonds is 7. The molecule has 0 spiro atoms. The molecule has 2 N–H and O–H groups in total. The number of hydrogen-bond donors (Lipinski definition) is 2. The van der Waals surface area contributed by atoms with Gasteiger partial charge < -0.3 is 20.1 Å². The van der Waals surface area contributed by atoms with Gasteiger partial charge in [-0.3, -0.25) is 4.79 Å². The smallest absolute Gasteiger partial charge is 0.338 e. The highest BCUT2D eigenvalue weighted by Crippen LogP contribution is 2.22. The first-order valence-electron chi connectivity index (χ1n) is 8.67. The lowest BCUT2D eigenvalue weighted by Gasteiger charge is -2.26. The minimum atomic E-state index is -0.548. The van der Waals surface area contributed by atoms with Crippen molar-refractivity contribution in [1.82, 2.24) is 10.6 Å².